The van der Waals surface area contributed by atoms with Crippen LogP contribution in [-0.4, -0.2) is 58.5 Å². The molecule has 0 bridgehead atoms. The van der Waals surface area contributed by atoms with Crippen molar-refractivity contribution in [3.63, 3.8) is 0 Å². The summed E-state index contributed by atoms with van der Waals surface area (Å²) >= 11 is 0. The third kappa shape index (κ3) is 4.70. The quantitative estimate of drug-likeness (QED) is 0.594. The number of rotatable bonds is 6. The van der Waals surface area contributed by atoms with Crippen molar-refractivity contribution in [2.75, 3.05) is 6.61 Å². The molecule has 1 amide bonds. The highest BCUT2D eigenvalue weighted by Gasteiger charge is 2.46. The number of hydrogen-bond donors (Lipinski definition) is 4. The molecule has 0 radical (unpaired) electrons. The molecule has 1 aliphatic heterocycles. The lowest BCUT2D eigenvalue weighted by atomic mass is 9.97. The molecule has 1 saturated heterocycles. The molecule has 1 aliphatic rings. The molecular formula is C18H27NO6. The van der Waals surface area contributed by atoms with Gasteiger partial charge in [-0.25, -0.2) is 0 Å². The van der Waals surface area contributed by atoms with Crippen LogP contribution in [0.25, 0.3) is 0 Å². The van der Waals surface area contributed by atoms with E-state index in [2.05, 4.69) is 19.2 Å². The molecule has 6 atom stereocenters. The van der Waals surface area contributed by atoms with Gasteiger partial charge in [-0.05, 0) is 30.0 Å². The standard InChI is InChI=1S/C18H27NO6/c1-4-10(2)12-5-7-13(8-6-12)24-18-15(19-11(3)21)17(23)16(22)14(9-20)25-18/h5-8,10,14-18,20,22-23H,4,9H2,1-3H3,(H,19,21)/t10-,14+,15+,16-,17+,18+/m0/s1. The molecule has 7 nitrogen and oxygen atoms in total. The van der Waals surface area contributed by atoms with Gasteiger partial charge in [0, 0.05) is 6.92 Å². The summed E-state index contributed by atoms with van der Waals surface area (Å²) in [5.41, 5.74) is 1.18. The van der Waals surface area contributed by atoms with Crippen molar-refractivity contribution < 1.29 is 29.6 Å². The molecule has 25 heavy (non-hydrogen) atoms. The lowest BCUT2D eigenvalue weighted by molar-refractivity contribution is -0.244. The molecule has 0 spiro atoms. The van der Waals surface area contributed by atoms with Crippen LogP contribution in [0.4, 0.5) is 0 Å². The minimum Gasteiger partial charge on any atom is -0.463 e. The Balaban J connectivity index is 2.16. The van der Waals surface area contributed by atoms with Crippen molar-refractivity contribution in [1.29, 1.82) is 0 Å². The Morgan fingerprint density at radius 1 is 1.28 bits per heavy atom. The van der Waals surface area contributed by atoms with E-state index in [1.165, 1.54) is 12.5 Å². The second-order valence-corrected chi connectivity index (χ2v) is 6.43. The fourth-order valence-corrected chi connectivity index (χ4v) is 2.82. The number of aliphatic hydroxyl groups excluding tert-OH is 3. The second kappa shape index (κ2) is 8.62. The molecule has 2 rings (SSSR count). The van der Waals surface area contributed by atoms with Gasteiger partial charge >= 0.3 is 0 Å². The minimum absolute atomic E-state index is 0.386. The Hall–Kier alpha value is -1.67. The normalized spacial score (nSPS) is 30.6. The van der Waals surface area contributed by atoms with Gasteiger partial charge in [-0.15, -0.1) is 0 Å². The fraction of sp³-hybridized carbons (Fsp3) is 0.611. The maximum absolute atomic E-state index is 11.4. The van der Waals surface area contributed by atoms with E-state index in [0.29, 0.717) is 11.7 Å². The number of carbonyl (C=O) groups excluding carboxylic acids is 1. The van der Waals surface area contributed by atoms with Crippen molar-refractivity contribution in [3.05, 3.63) is 29.8 Å². The Morgan fingerprint density at radius 2 is 1.92 bits per heavy atom. The van der Waals surface area contributed by atoms with Crippen LogP contribution in [0.3, 0.4) is 0 Å². The van der Waals surface area contributed by atoms with Gasteiger partial charge in [0.1, 0.15) is 30.1 Å². The summed E-state index contributed by atoms with van der Waals surface area (Å²) in [5, 5.41) is 32.1. The smallest absolute Gasteiger partial charge is 0.223 e. The van der Waals surface area contributed by atoms with Gasteiger partial charge in [-0.2, -0.15) is 0 Å². The summed E-state index contributed by atoms with van der Waals surface area (Å²) in [7, 11) is 0. The molecule has 140 valence electrons. The third-order valence-corrected chi connectivity index (χ3v) is 4.56. The molecule has 1 heterocycles. The Kier molecular flexibility index (Phi) is 6.78. The average molecular weight is 353 g/mol. The number of ether oxygens (including phenoxy) is 2. The van der Waals surface area contributed by atoms with Crippen LogP contribution >= 0.6 is 0 Å². The summed E-state index contributed by atoms with van der Waals surface area (Å²) in [6.45, 7) is 5.08. The molecule has 1 aromatic carbocycles. The fourth-order valence-electron chi connectivity index (χ4n) is 2.82. The van der Waals surface area contributed by atoms with E-state index in [9.17, 15) is 20.1 Å². The molecular weight excluding hydrogens is 326 g/mol. The van der Waals surface area contributed by atoms with Gasteiger partial charge < -0.3 is 30.1 Å². The zero-order valence-electron chi connectivity index (χ0n) is 14.8. The summed E-state index contributed by atoms with van der Waals surface area (Å²) in [5.74, 6) is 0.554. The van der Waals surface area contributed by atoms with Gasteiger partial charge in [0.15, 0.2) is 0 Å². The van der Waals surface area contributed by atoms with Gasteiger partial charge in [-0.3, -0.25) is 4.79 Å². The average Bonchev–Trinajstić information content (AvgIpc) is 2.60. The third-order valence-electron chi connectivity index (χ3n) is 4.56. The van der Waals surface area contributed by atoms with Crippen molar-refractivity contribution in [2.45, 2.75) is 63.8 Å². The first-order valence-electron chi connectivity index (χ1n) is 8.53. The van der Waals surface area contributed by atoms with Crippen molar-refractivity contribution in [3.8, 4) is 5.75 Å². The highest BCUT2D eigenvalue weighted by molar-refractivity contribution is 5.73. The van der Waals surface area contributed by atoms with Crippen molar-refractivity contribution in [2.24, 2.45) is 0 Å². The van der Waals surface area contributed by atoms with Crippen molar-refractivity contribution >= 4 is 5.91 Å². The van der Waals surface area contributed by atoms with Gasteiger partial charge in [0.2, 0.25) is 12.2 Å². The van der Waals surface area contributed by atoms with Crippen LogP contribution in [-0.2, 0) is 9.53 Å². The maximum Gasteiger partial charge on any atom is 0.223 e. The van der Waals surface area contributed by atoms with E-state index in [4.69, 9.17) is 9.47 Å². The number of hydrogen-bond acceptors (Lipinski definition) is 6. The minimum atomic E-state index is -1.32. The van der Waals surface area contributed by atoms with E-state index in [1.54, 1.807) is 12.1 Å². The molecule has 7 heteroatoms. The largest absolute Gasteiger partial charge is 0.463 e. The first-order chi connectivity index (χ1) is 11.9. The SMILES string of the molecule is CC[C@H](C)c1ccc(O[C@@H]2O[C@H](CO)[C@H](O)[C@H](O)[C@H]2NC(C)=O)cc1. The first-order valence-corrected chi connectivity index (χ1v) is 8.53. The predicted molar refractivity (Wildman–Crippen MR) is 91.1 cm³/mol. The number of carbonyl (C=O) groups is 1. The van der Waals surface area contributed by atoms with E-state index in [1.807, 2.05) is 12.1 Å². The zero-order valence-corrected chi connectivity index (χ0v) is 14.8. The summed E-state index contributed by atoms with van der Waals surface area (Å²) < 4.78 is 11.3. The first kappa shape index (κ1) is 19.7. The van der Waals surface area contributed by atoms with Crippen LogP contribution in [0.5, 0.6) is 5.75 Å². The van der Waals surface area contributed by atoms with Crippen LogP contribution in [0.1, 0.15) is 38.7 Å². The number of aliphatic hydroxyl groups is 3. The number of amides is 1. The second-order valence-electron chi connectivity index (χ2n) is 6.43. The summed E-state index contributed by atoms with van der Waals surface area (Å²) in [6, 6.07) is 6.54. The van der Waals surface area contributed by atoms with Crippen LogP contribution < -0.4 is 10.1 Å². The number of nitrogens with one attached hydrogen (secondary N) is 1. The Labute approximate surface area is 147 Å². The topological polar surface area (TPSA) is 108 Å². The lowest BCUT2D eigenvalue weighted by Gasteiger charge is -2.42. The van der Waals surface area contributed by atoms with E-state index in [0.717, 1.165) is 6.42 Å². The number of benzene rings is 1. The van der Waals surface area contributed by atoms with E-state index < -0.39 is 37.3 Å². The Morgan fingerprint density at radius 3 is 2.44 bits per heavy atom. The highest BCUT2D eigenvalue weighted by Crippen LogP contribution is 2.26. The predicted octanol–water partition coefficient (Wildman–Crippen LogP) is 0.523. The van der Waals surface area contributed by atoms with Crippen molar-refractivity contribution in [1.82, 2.24) is 5.32 Å². The monoisotopic (exact) mass is 353 g/mol. The maximum atomic E-state index is 11.4. The zero-order chi connectivity index (χ0) is 18.6. The van der Waals surface area contributed by atoms with Crippen LogP contribution in [0, 0.1) is 0 Å². The lowest BCUT2D eigenvalue weighted by Crippen LogP contribution is -2.65. The Bertz CT molecular complexity index is 563. The molecule has 4 N–H and O–H groups in total. The van der Waals surface area contributed by atoms with Gasteiger partial charge in [0.05, 0.1) is 6.61 Å². The molecule has 1 aromatic rings. The van der Waals surface area contributed by atoms with E-state index >= 15 is 0 Å². The van der Waals surface area contributed by atoms with Gasteiger partial charge in [-0.1, -0.05) is 26.0 Å². The van der Waals surface area contributed by atoms with Crippen LogP contribution in [0.15, 0.2) is 24.3 Å². The molecule has 0 aromatic heterocycles. The highest BCUT2D eigenvalue weighted by atomic mass is 16.7. The molecule has 1 fully saturated rings. The molecule has 0 unspecified atom stereocenters. The van der Waals surface area contributed by atoms with Crippen LogP contribution in [0.2, 0.25) is 0 Å². The summed E-state index contributed by atoms with van der Waals surface area (Å²) in [6.07, 6.45) is -3.65. The van der Waals surface area contributed by atoms with E-state index in [-0.39, 0.29) is 5.91 Å². The van der Waals surface area contributed by atoms with Gasteiger partial charge in [0.25, 0.3) is 0 Å². The molecule has 0 aliphatic carbocycles. The summed E-state index contributed by atoms with van der Waals surface area (Å²) in [4.78, 5) is 11.4. The molecule has 0 saturated carbocycles.